The standard InChI is InChI=1S/C15H14ClN3/c1-11-4-2-3-5-12(11)10-19-14-6-7-17-9-13(14)18-15(19)8-16/h2-7,9H,8,10H2,1H3. The molecule has 0 saturated heterocycles. The van der Waals surface area contributed by atoms with Gasteiger partial charge >= 0.3 is 0 Å². The third kappa shape index (κ3) is 2.22. The first-order chi connectivity index (χ1) is 9.29. The van der Waals surface area contributed by atoms with Gasteiger partial charge in [-0.1, -0.05) is 24.3 Å². The van der Waals surface area contributed by atoms with Gasteiger partial charge in [-0.05, 0) is 24.1 Å². The highest BCUT2D eigenvalue weighted by Crippen LogP contribution is 2.19. The van der Waals surface area contributed by atoms with Crippen LogP contribution in [0.3, 0.4) is 0 Å². The van der Waals surface area contributed by atoms with E-state index in [1.54, 1.807) is 12.4 Å². The lowest BCUT2D eigenvalue weighted by Crippen LogP contribution is -2.05. The topological polar surface area (TPSA) is 30.7 Å². The first kappa shape index (κ1) is 12.2. The molecule has 2 heterocycles. The molecular formula is C15H14ClN3. The van der Waals surface area contributed by atoms with E-state index >= 15 is 0 Å². The Bertz CT molecular complexity index is 718. The van der Waals surface area contributed by atoms with Crippen LogP contribution in [-0.2, 0) is 12.4 Å². The largest absolute Gasteiger partial charge is 0.322 e. The van der Waals surface area contributed by atoms with E-state index in [0.717, 1.165) is 23.4 Å². The summed E-state index contributed by atoms with van der Waals surface area (Å²) >= 11 is 6.01. The zero-order chi connectivity index (χ0) is 13.2. The number of hydrogen-bond acceptors (Lipinski definition) is 2. The molecule has 3 nitrogen and oxygen atoms in total. The van der Waals surface area contributed by atoms with Gasteiger partial charge in [0.1, 0.15) is 11.3 Å². The number of halogens is 1. The summed E-state index contributed by atoms with van der Waals surface area (Å²) in [5, 5.41) is 0. The summed E-state index contributed by atoms with van der Waals surface area (Å²) < 4.78 is 2.16. The monoisotopic (exact) mass is 271 g/mol. The van der Waals surface area contributed by atoms with Crippen LogP contribution in [0.15, 0.2) is 42.7 Å². The Morgan fingerprint density at radius 2 is 2.05 bits per heavy atom. The average Bonchev–Trinajstić information content (AvgIpc) is 2.79. The van der Waals surface area contributed by atoms with Gasteiger partial charge in [-0.3, -0.25) is 4.98 Å². The lowest BCUT2D eigenvalue weighted by molar-refractivity contribution is 0.774. The SMILES string of the molecule is Cc1ccccc1Cn1c(CCl)nc2cnccc21. The summed E-state index contributed by atoms with van der Waals surface area (Å²) in [6.07, 6.45) is 3.57. The molecule has 19 heavy (non-hydrogen) atoms. The lowest BCUT2D eigenvalue weighted by Gasteiger charge is -2.10. The van der Waals surface area contributed by atoms with Crippen molar-refractivity contribution in [2.75, 3.05) is 0 Å². The smallest absolute Gasteiger partial charge is 0.125 e. The molecule has 0 aliphatic heterocycles. The second-order valence-corrected chi connectivity index (χ2v) is 4.81. The molecule has 0 radical (unpaired) electrons. The average molecular weight is 272 g/mol. The summed E-state index contributed by atoms with van der Waals surface area (Å²) in [6.45, 7) is 2.91. The number of benzene rings is 1. The number of aryl methyl sites for hydroxylation is 1. The van der Waals surface area contributed by atoms with Crippen molar-refractivity contribution in [1.29, 1.82) is 0 Å². The second kappa shape index (κ2) is 5.02. The Labute approximate surface area is 116 Å². The summed E-state index contributed by atoms with van der Waals surface area (Å²) in [7, 11) is 0. The third-order valence-electron chi connectivity index (χ3n) is 3.34. The van der Waals surface area contributed by atoms with Gasteiger partial charge in [-0.25, -0.2) is 4.98 Å². The van der Waals surface area contributed by atoms with Gasteiger partial charge in [0.25, 0.3) is 0 Å². The fourth-order valence-electron chi connectivity index (χ4n) is 2.27. The van der Waals surface area contributed by atoms with Crippen molar-refractivity contribution < 1.29 is 0 Å². The second-order valence-electron chi connectivity index (χ2n) is 4.54. The molecule has 96 valence electrons. The number of nitrogens with zero attached hydrogens (tertiary/aromatic N) is 3. The van der Waals surface area contributed by atoms with E-state index in [1.165, 1.54) is 11.1 Å². The first-order valence-electron chi connectivity index (χ1n) is 6.19. The maximum absolute atomic E-state index is 6.01. The van der Waals surface area contributed by atoms with Crippen LogP contribution >= 0.6 is 11.6 Å². The molecule has 0 aliphatic rings. The van der Waals surface area contributed by atoms with Crippen molar-refractivity contribution in [2.24, 2.45) is 0 Å². The van der Waals surface area contributed by atoms with Crippen molar-refractivity contribution in [2.45, 2.75) is 19.3 Å². The number of fused-ring (bicyclic) bond motifs is 1. The zero-order valence-corrected chi connectivity index (χ0v) is 11.4. The van der Waals surface area contributed by atoms with Crippen molar-refractivity contribution in [3.05, 3.63) is 59.7 Å². The minimum absolute atomic E-state index is 0.403. The molecule has 0 N–H and O–H groups in total. The lowest BCUT2D eigenvalue weighted by atomic mass is 10.1. The highest BCUT2D eigenvalue weighted by molar-refractivity contribution is 6.16. The first-order valence-corrected chi connectivity index (χ1v) is 6.72. The van der Waals surface area contributed by atoms with Gasteiger partial charge in [0.2, 0.25) is 0 Å². The number of hydrogen-bond donors (Lipinski definition) is 0. The maximum atomic E-state index is 6.01. The van der Waals surface area contributed by atoms with Crippen LogP contribution in [0.5, 0.6) is 0 Å². The Kier molecular flexibility index (Phi) is 3.22. The van der Waals surface area contributed by atoms with Crippen LogP contribution in [0.2, 0.25) is 0 Å². The summed E-state index contributed by atoms with van der Waals surface area (Å²) in [6, 6.07) is 10.4. The molecule has 0 fully saturated rings. The van der Waals surface area contributed by atoms with E-state index in [-0.39, 0.29) is 0 Å². The Balaban J connectivity index is 2.12. The highest BCUT2D eigenvalue weighted by Gasteiger charge is 2.10. The molecule has 4 heteroatoms. The molecule has 0 amide bonds. The van der Waals surface area contributed by atoms with Gasteiger partial charge < -0.3 is 4.57 Å². The summed E-state index contributed by atoms with van der Waals surface area (Å²) in [4.78, 5) is 8.63. The normalized spacial score (nSPS) is 11.1. The van der Waals surface area contributed by atoms with E-state index in [1.807, 2.05) is 6.07 Å². The number of alkyl halides is 1. The number of aromatic nitrogens is 3. The Hall–Kier alpha value is -1.87. The number of imidazole rings is 1. The summed E-state index contributed by atoms with van der Waals surface area (Å²) in [5.74, 6) is 1.29. The molecule has 3 aromatic rings. The third-order valence-corrected chi connectivity index (χ3v) is 3.58. The van der Waals surface area contributed by atoms with Gasteiger partial charge in [-0.15, -0.1) is 11.6 Å². The van der Waals surface area contributed by atoms with Crippen molar-refractivity contribution in [3.8, 4) is 0 Å². The van der Waals surface area contributed by atoms with Crippen LogP contribution in [0.1, 0.15) is 17.0 Å². The van der Waals surface area contributed by atoms with Crippen LogP contribution in [-0.4, -0.2) is 14.5 Å². The van der Waals surface area contributed by atoms with E-state index < -0.39 is 0 Å². The molecule has 0 saturated carbocycles. The predicted octanol–water partition coefficient (Wildman–Crippen LogP) is 3.53. The Morgan fingerprint density at radius 3 is 2.84 bits per heavy atom. The van der Waals surface area contributed by atoms with Crippen LogP contribution < -0.4 is 0 Å². The molecule has 0 bridgehead atoms. The molecule has 0 aliphatic carbocycles. The quantitative estimate of drug-likeness (QED) is 0.683. The van der Waals surface area contributed by atoms with E-state index in [2.05, 4.69) is 45.7 Å². The number of pyridine rings is 1. The molecule has 0 spiro atoms. The van der Waals surface area contributed by atoms with Crippen LogP contribution in [0, 0.1) is 6.92 Å². The fraction of sp³-hybridized carbons (Fsp3) is 0.200. The Morgan fingerprint density at radius 1 is 1.21 bits per heavy atom. The van der Waals surface area contributed by atoms with Gasteiger partial charge in [0, 0.05) is 12.7 Å². The fourth-order valence-corrected chi connectivity index (χ4v) is 2.47. The van der Waals surface area contributed by atoms with E-state index in [0.29, 0.717) is 5.88 Å². The molecule has 0 atom stereocenters. The van der Waals surface area contributed by atoms with Crippen LogP contribution in [0.25, 0.3) is 11.0 Å². The van der Waals surface area contributed by atoms with Crippen LogP contribution in [0.4, 0.5) is 0 Å². The minimum atomic E-state index is 0.403. The molecular weight excluding hydrogens is 258 g/mol. The summed E-state index contributed by atoms with van der Waals surface area (Å²) in [5.41, 5.74) is 4.53. The minimum Gasteiger partial charge on any atom is -0.322 e. The predicted molar refractivity (Wildman–Crippen MR) is 77.4 cm³/mol. The maximum Gasteiger partial charge on any atom is 0.125 e. The molecule has 0 unspecified atom stereocenters. The van der Waals surface area contributed by atoms with Gasteiger partial charge in [-0.2, -0.15) is 0 Å². The van der Waals surface area contributed by atoms with Gasteiger partial charge in [0.15, 0.2) is 0 Å². The van der Waals surface area contributed by atoms with E-state index in [4.69, 9.17) is 11.6 Å². The highest BCUT2D eigenvalue weighted by atomic mass is 35.5. The molecule has 2 aromatic heterocycles. The van der Waals surface area contributed by atoms with E-state index in [9.17, 15) is 0 Å². The molecule has 1 aromatic carbocycles. The van der Waals surface area contributed by atoms with Crippen molar-refractivity contribution in [3.63, 3.8) is 0 Å². The zero-order valence-electron chi connectivity index (χ0n) is 10.7. The van der Waals surface area contributed by atoms with Crippen molar-refractivity contribution in [1.82, 2.24) is 14.5 Å². The van der Waals surface area contributed by atoms with Gasteiger partial charge in [0.05, 0.1) is 17.6 Å². The number of rotatable bonds is 3. The van der Waals surface area contributed by atoms with Crippen molar-refractivity contribution >= 4 is 22.6 Å². The molecule has 3 rings (SSSR count).